The summed E-state index contributed by atoms with van der Waals surface area (Å²) >= 11 is 0. The van der Waals surface area contributed by atoms with Crippen molar-refractivity contribution >= 4 is 0 Å². The number of methoxy groups -OCH3 is 1. The summed E-state index contributed by atoms with van der Waals surface area (Å²) in [5, 5.41) is 107. The van der Waals surface area contributed by atoms with Gasteiger partial charge >= 0.3 is 0 Å². The van der Waals surface area contributed by atoms with Crippen molar-refractivity contribution in [1.29, 1.82) is 0 Å². The summed E-state index contributed by atoms with van der Waals surface area (Å²) in [7, 11) is 1.27. The third kappa shape index (κ3) is 5.76. The van der Waals surface area contributed by atoms with Crippen LogP contribution in [0.3, 0.4) is 0 Å². The van der Waals surface area contributed by atoms with Gasteiger partial charge in [-0.15, -0.1) is 0 Å². The second kappa shape index (κ2) is 12.0. The minimum Gasteiger partial charge on any atom is -0.392 e. The van der Waals surface area contributed by atoms with Crippen molar-refractivity contribution in [2.24, 2.45) is 0 Å². The van der Waals surface area contributed by atoms with E-state index < -0.39 is 92.6 Å². The molecule has 0 saturated carbocycles. The van der Waals surface area contributed by atoms with Gasteiger partial charge in [0, 0.05) is 13.7 Å². The number of rotatable bonds is 8. The Bertz CT molecular complexity index is 769. The number of ether oxygens (including phenoxy) is 2. The molecule has 3 aliphatic rings. The molecule has 0 amide bonds. The van der Waals surface area contributed by atoms with Gasteiger partial charge in [-0.05, 0) is 11.1 Å². The maximum atomic E-state index is 10.9. The summed E-state index contributed by atoms with van der Waals surface area (Å²) in [6.07, 6.45) is -11.5. The van der Waals surface area contributed by atoms with Crippen LogP contribution in [-0.4, -0.2) is 157 Å². The van der Waals surface area contributed by atoms with E-state index in [0.717, 1.165) is 0 Å². The van der Waals surface area contributed by atoms with Gasteiger partial charge in [-0.2, -0.15) is 0 Å². The van der Waals surface area contributed by atoms with E-state index in [-0.39, 0.29) is 17.7 Å². The Labute approximate surface area is 201 Å². The molecule has 1 saturated heterocycles. The third-order valence-electron chi connectivity index (χ3n) is 6.87. The Hall–Kier alpha value is -1.08. The Balaban J connectivity index is 1.75. The molecule has 0 spiro atoms. The fourth-order valence-electron chi connectivity index (χ4n) is 4.68. The molecule has 1 aliphatic heterocycles. The predicted molar refractivity (Wildman–Crippen MR) is 117 cm³/mol. The summed E-state index contributed by atoms with van der Waals surface area (Å²) in [5.41, 5.74) is 0.157. The zero-order valence-corrected chi connectivity index (χ0v) is 19.1. The maximum Gasteiger partial charge on any atom is 0.185 e. The monoisotopic (exact) mass is 508 g/mol. The van der Waals surface area contributed by atoms with E-state index in [1.807, 2.05) is 0 Å². The van der Waals surface area contributed by atoms with E-state index in [0.29, 0.717) is 0 Å². The second-order valence-corrected chi connectivity index (χ2v) is 9.06. The Morgan fingerprint density at radius 1 is 0.743 bits per heavy atom. The molecule has 14 nitrogen and oxygen atoms in total. The van der Waals surface area contributed by atoms with Crippen molar-refractivity contribution in [3.8, 4) is 0 Å². The van der Waals surface area contributed by atoms with Crippen LogP contribution >= 0.6 is 0 Å². The van der Waals surface area contributed by atoms with E-state index in [4.69, 9.17) is 9.47 Å². The smallest absolute Gasteiger partial charge is 0.185 e. The molecule has 0 bridgehead atoms. The highest BCUT2D eigenvalue weighted by molar-refractivity contribution is 5.23. The lowest BCUT2D eigenvalue weighted by Crippen LogP contribution is -2.68. The molecule has 0 aromatic carbocycles. The summed E-state index contributed by atoms with van der Waals surface area (Å²) in [5.74, 6) is 0. The second-order valence-electron chi connectivity index (χ2n) is 9.06. The summed E-state index contributed by atoms with van der Waals surface area (Å²) < 4.78 is 10.8. The molecule has 202 valence electrons. The summed E-state index contributed by atoms with van der Waals surface area (Å²) in [6, 6.07) is -3.12. The average molecular weight is 509 g/mol. The Morgan fingerprint density at radius 3 is 1.77 bits per heavy atom. The molecule has 0 aromatic heterocycles. The highest BCUT2D eigenvalue weighted by atomic mass is 16.7. The molecule has 35 heavy (non-hydrogen) atoms. The summed E-state index contributed by atoms with van der Waals surface area (Å²) in [6.45, 7) is -1.25. The van der Waals surface area contributed by atoms with Crippen molar-refractivity contribution in [3.63, 3.8) is 0 Å². The number of hydrogen-bond donors (Lipinski definition) is 12. The standard InChI is InChI=1S/C21H36N2O12/c1-34-21-18(31)12(23-10-3-8(6-25)14(27)20(33)16(10)29)17(30)11(35-21)4-22-9-2-7(5-24)13(26)19(32)15(9)28/h2-3,9-33H,4-6H2,1H3/t9-,10-,11+,12-,13+,14+,15+,16+,17+,18-,19-,20-,21-/m0/s1. The Morgan fingerprint density at radius 2 is 1.26 bits per heavy atom. The van der Waals surface area contributed by atoms with Gasteiger partial charge in [-0.25, -0.2) is 0 Å². The van der Waals surface area contributed by atoms with E-state index in [1.54, 1.807) is 0 Å². The minimum atomic E-state index is -1.62. The number of aliphatic hydroxyl groups excluding tert-OH is 10. The molecule has 13 atom stereocenters. The topological polar surface area (TPSA) is 245 Å². The minimum absolute atomic E-state index is 0.0522. The number of hydrogen-bond acceptors (Lipinski definition) is 14. The molecule has 1 heterocycles. The van der Waals surface area contributed by atoms with Gasteiger partial charge in [0.2, 0.25) is 0 Å². The predicted octanol–water partition coefficient (Wildman–Crippen LogP) is -6.61. The van der Waals surface area contributed by atoms with Crippen LogP contribution in [0.25, 0.3) is 0 Å². The maximum absolute atomic E-state index is 10.9. The van der Waals surface area contributed by atoms with Crippen LogP contribution in [0, 0.1) is 0 Å². The Kier molecular flexibility index (Phi) is 9.75. The van der Waals surface area contributed by atoms with Crippen molar-refractivity contribution in [2.45, 2.75) is 79.4 Å². The zero-order chi connectivity index (χ0) is 26.0. The molecule has 2 aliphatic carbocycles. The van der Waals surface area contributed by atoms with Gasteiger partial charge in [0.1, 0.15) is 48.8 Å². The van der Waals surface area contributed by atoms with E-state index in [9.17, 15) is 51.1 Å². The third-order valence-corrected chi connectivity index (χ3v) is 6.87. The van der Waals surface area contributed by atoms with Crippen LogP contribution in [0.5, 0.6) is 0 Å². The van der Waals surface area contributed by atoms with Crippen LogP contribution in [0.1, 0.15) is 0 Å². The fourth-order valence-corrected chi connectivity index (χ4v) is 4.68. The van der Waals surface area contributed by atoms with Gasteiger partial charge in [0.15, 0.2) is 6.29 Å². The van der Waals surface area contributed by atoms with Gasteiger partial charge < -0.3 is 71.2 Å². The molecular formula is C21H36N2O12. The lowest BCUT2D eigenvalue weighted by Gasteiger charge is -2.45. The lowest BCUT2D eigenvalue weighted by molar-refractivity contribution is -0.266. The first-order chi connectivity index (χ1) is 16.5. The molecule has 14 heteroatoms. The summed E-state index contributed by atoms with van der Waals surface area (Å²) in [4.78, 5) is 0. The van der Waals surface area contributed by atoms with E-state index >= 15 is 0 Å². The number of aliphatic hydroxyl groups is 10. The van der Waals surface area contributed by atoms with Crippen LogP contribution in [0.4, 0.5) is 0 Å². The van der Waals surface area contributed by atoms with Crippen molar-refractivity contribution in [1.82, 2.24) is 10.6 Å². The molecule has 3 rings (SSSR count). The van der Waals surface area contributed by atoms with Gasteiger partial charge in [0.25, 0.3) is 0 Å². The average Bonchev–Trinajstić information content (AvgIpc) is 2.85. The molecule has 12 N–H and O–H groups in total. The molecule has 0 unspecified atom stereocenters. The van der Waals surface area contributed by atoms with E-state index in [2.05, 4.69) is 10.6 Å². The number of nitrogens with one attached hydrogen (secondary N) is 2. The zero-order valence-electron chi connectivity index (χ0n) is 19.1. The largest absolute Gasteiger partial charge is 0.392 e. The first-order valence-electron chi connectivity index (χ1n) is 11.3. The normalized spacial score (nSPS) is 46.8. The fraction of sp³-hybridized carbons (Fsp3) is 0.810. The van der Waals surface area contributed by atoms with Crippen molar-refractivity contribution < 1.29 is 60.5 Å². The lowest BCUT2D eigenvalue weighted by atomic mass is 9.86. The SMILES string of the molecule is CO[C@H]1O[C@H](CN[C@H]2C=C(CO)[C@@H](O)[C@H](O)[C@@H]2O)[C@@H](O)[C@H](N[C@H]2C=C(CO)[C@@H](O)[C@H](O)[C@@H]2O)[C@@H]1O. The molecular weight excluding hydrogens is 472 g/mol. The van der Waals surface area contributed by atoms with Crippen LogP contribution in [0.2, 0.25) is 0 Å². The van der Waals surface area contributed by atoms with E-state index in [1.165, 1.54) is 19.3 Å². The molecule has 1 fully saturated rings. The first kappa shape index (κ1) is 28.5. The van der Waals surface area contributed by atoms with Gasteiger partial charge in [-0.1, -0.05) is 12.2 Å². The highest BCUT2D eigenvalue weighted by Crippen LogP contribution is 2.26. The highest BCUT2D eigenvalue weighted by Gasteiger charge is 2.48. The van der Waals surface area contributed by atoms with Crippen LogP contribution in [-0.2, 0) is 9.47 Å². The van der Waals surface area contributed by atoms with Gasteiger partial charge in [0.05, 0.1) is 37.4 Å². The quantitative estimate of drug-likeness (QED) is 0.136. The first-order valence-corrected chi connectivity index (χ1v) is 11.3. The van der Waals surface area contributed by atoms with Crippen LogP contribution in [0.15, 0.2) is 23.3 Å². The molecule has 0 radical (unpaired) electrons. The van der Waals surface area contributed by atoms with Crippen molar-refractivity contribution in [3.05, 3.63) is 23.3 Å². The molecule has 0 aromatic rings. The van der Waals surface area contributed by atoms with Crippen LogP contribution < -0.4 is 10.6 Å². The van der Waals surface area contributed by atoms with Gasteiger partial charge in [-0.3, -0.25) is 0 Å². The van der Waals surface area contributed by atoms with Crippen molar-refractivity contribution in [2.75, 3.05) is 26.9 Å².